The Morgan fingerprint density at radius 1 is 1.37 bits per heavy atom. The van der Waals surface area contributed by atoms with Gasteiger partial charge in [-0.05, 0) is 19.1 Å². The number of aryl methyl sites for hydroxylation is 2. The first kappa shape index (κ1) is 13.4. The van der Waals surface area contributed by atoms with Crippen LogP contribution >= 0.6 is 11.6 Å². The summed E-state index contributed by atoms with van der Waals surface area (Å²) in [7, 11) is 0. The van der Waals surface area contributed by atoms with Crippen molar-refractivity contribution in [3.8, 4) is 11.8 Å². The molecule has 0 fully saturated rings. The number of aromatic nitrogens is 2. The minimum Gasteiger partial charge on any atom is -0.494 e. The summed E-state index contributed by atoms with van der Waals surface area (Å²) in [5, 5.41) is 13.6. The topological polar surface area (TPSA) is 50.8 Å². The molecule has 0 radical (unpaired) electrons. The molecular formula is C14H14ClN3O. The van der Waals surface area contributed by atoms with E-state index in [0.717, 1.165) is 12.2 Å². The van der Waals surface area contributed by atoms with Crippen molar-refractivity contribution in [3.05, 3.63) is 46.7 Å². The van der Waals surface area contributed by atoms with Gasteiger partial charge >= 0.3 is 0 Å². The maximum atomic E-state index is 8.92. The number of hydrogen-bond donors (Lipinski definition) is 0. The van der Waals surface area contributed by atoms with Crippen molar-refractivity contribution >= 4 is 11.6 Å². The van der Waals surface area contributed by atoms with E-state index in [9.17, 15) is 0 Å². The van der Waals surface area contributed by atoms with E-state index in [1.54, 1.807) is 11.6 Å². The minimum absolute atomic E-state index is 0.403. The Labute approximate surface area is 117 Å². The second kappa shape index (κ2) is 6.26. The van der Waals surface area contributed by atoms with Gasteiger partial charge in [-0.1, -0.05) is 29.8 Å². The molecule has 1 aromatic carbocycles. The number of halogens is 1. The highest BCUT2D eigenvalue weighted by atomic mass is 35.5. The average Bonchev–Trinajstić information content (AvgIpc) is 2.70. The Kier molecular flexibility index (Phi) is 4.43. The lowest BCUT2D eigenvalue weighted by Crippen LogP contribution is -2.06. The zero-order chi connectivity index (χ0) is 13.7. The second-order valence-electron chi connectivity index (χ2n) is 4.10. The Hall–Kier alpha value is -1.99. The number of para-hydroxylation sites is 1. The number of nitrogens with zero attached hydrogens (tertiary/aromatic N) is 3. The van der Waals surface area contributed by atoms with E-state index in [0.29, 0.717) is 29.6 Å². The van der Waals surface area contributed by atoms with Gasteiger partial charge in [0.05, 0.1) is 12.3 Å². The van der Waals surface area contributed by atoms with E-state index in [1.165, 1.54) is 0 Å². The smallest absolute Gasteiger partial charge is 0.145 e. The normalized spacial score (nSPS) is 10.2. The van der Waals surface area contributed by atoms with Crippen LogP contribution in [-0.2, 0) is 6.54 Å². The molecule has 1 aromatic heterocycles. The molecule has 2 rings (SSSR count). The molecule has 0 unspecified atom stereocenters. The predicted molar refractivity (Wildman–Crippen MR) is 73.2 cm³/mol. The Bertz CT molecular complexity index is 587. The monoisotopic (exact) mass is 275 g/mol. The maximum absolute atomic E-state index is 8.92. The number of nitriles is 1. The largest absolute Gasteiger partial charge is 0.494 e. The molecule has 0 aliphatic carbocycles. The first-order valence-corrected chi connectivity index (χ1v) is 6.41. The van der Waals surface area contributed by atoms with Gasteiger partial charge < -0.3 is 4.74 Å². The molecule has 0 aliphatic heterocycles. The molecule has 0 bridgehead atoms. The quantitative estimate of drug-likeness (QED) is 0.788. The molecule has 0 amide bonds. The summed E-state index contributed by atoms with van der Waals surface area (Å²) in [5.41, 5.74) is 1.11. The van der Waals surface area contributed by atoms with Crippen LogP contribution in [0.1, 0.15) is 17.7 Å². The zero-order valence-corrected chi connectivity index (χ0v) is 11.4. The Morgan fingerprint density at radius 3 is 2.74 bits per heavy atom. The molecule has 98 valence electrons. The molecule has 5 heteroatoms. The van der Waals surface area contributed by atoms with Gasteiger partial charge in [-0.25, -0.2) is 0 Å². The van der Waals surface area contributed by atoms with Crippen LogP contribution in [-0.4, -0.2) is 16.4 Å². The standard InChI is InChI=1S/C14H14ClN3O/c1-11-13(10-16)14(15)18(17-11)8-5-9-19-12-6-3-2-4-7-12/h2-4,6-7H,5,8-9H2,1H3. The molecule has 0 spiro atoms. The molecule has 2 aromatic rings. The van der Waals surface area contributed by atoms with E-state index in [4.69, 9.17) is 21.6 Å². The van der Waals surface area contributed by atoms with Crippen molar-refractivity contribution in [2.24, 2.45) is 0 Å². The summed E-state index contributed by atoms with van der Waals surface area (Å²) < 4.78 is 7.22. The van der Waals surface area contributed by atoms with Crippen molar-refractivity contribution in [1.29, 1.82) is 5.26 Å². The summed E-state index contributed by atoms with van der Waals surface area (Å²) in [6.07, 6.45) is 0.778. The van der Waals surface area contributed by atoms with Gasteiger partial charge in [0, 0.05) is 13.0 Å². The van der Waals surface area contributed by atoms with Gasteiger partial charge in [-0.2, -0.15) is 10.4 Å². The van der Waals surface area contributed by atoms with E-state index >= 15 is 0 Å². The molecule has 4 nitrogen and oxygen atoms in total. The highest BCUT2D eigenvalue weighted by molar-refractivity contribution is 6.30. The first-order chi connectivity index (χ1) is 9.22. The van der Waals surface area contributed by atoms with Crippen LogP contribution in [0.5, 0.6) is 5.75 Å². The van der Waals surface area contributed by atoms with Gasteiger partial charge in [-0.3, -0.25) is 4.68 Å². The zero-order valence-electron chi connectivity index (χ0n) is 10.6. The van der Waals surface area contributed by atoms with E-state index in [2.05, 4.69) is 11.2 Å². The summed E-state index contributed by atoms with van der Waals surface area (Å²) >= 11 is 6.06. The first-order valence-electron chi connectivity index (χ1n) is 6.03. The third-order valence-electron chi connectivity index (χ3n) is 2.70. The fraction of sp³-hybridized carbons (Fsp3) is 0.286. The van der Waals surface area contributed by atoms with E-state index in [-0.39, 0.29) is 0 Å². The fourth-order valence-electron chi connectivity index (χ4n) is 1.75. The lowest BCUT2D eigenvalue weighted by atomic mass is 10.3. The fourth-order valence-corrected chi connectivity index (χ4v) is 2.05. The van der Waals surface area contributed by atoms with Crippen LogP contribution in [0.25, 0.3) is 0 Å². The third kappa shape index (κ3) is 3.27. The van der Waals surface area contributed by atoms with Crippen molar-refractivity contribution < 1.29 is 4.74 Å². The second-order valence-corrected chi connectivity index (χ2v) is 4.46. The molecular weight excluding hydrogens is 262 g/mol. The number of benzene rings is 1. The summed E-state index contributed by atoms with van der Waals surface area (Å²) in [6.45, 7) is 3.00. The average molecular weight is 276 g/mol. The Morgan fingerprint density at radius 2 is 2.11 bits per heavy atom. The number of ether oxygens (including phenoxy) is 1. The lowest BCUT2D eigenvalue weighted by molar-refractivity contribution is 0.298. The van der Waals surface area contributed by atoms with Crippen LogP contribution in [0.15, 0.2) is 30.3 Å². The van der Waals surface area contributed by atoms with Crippen LogP contribution in [0, 0.1) is 18.3 Å². The van der Waals surface area contributed by atoms with Gasteiger partial charge in [0.15, 0.2) is 0 Å². The predicted octanol–water partition coefficient (Wildman–Crippen LogP) is 3.19. The van der Waals surface area contributed by atoms with Gasteiger partial charge in [0.1, 0.15) is 22.5 Å². The molecule has 0 aliphatic rings. The number of rotatable bonds is 5. The molecule has 0 atom stereocenters. The van der Waals surface area contributed by atoms with Crippen LogP contribution in [0.2, 0.25) is 5.15 Å². The molecule has 1 heterocycles. The van der Waals surface area contributed by atoms with Crippen LogP contribution in [0.4, 0.5) is 0 Å². The molecule has 19 heavy (non-hydrogen) atoms. The Balaban J connectivity index is 1.85. The lowest BCUT2D eigenvalue weighted by Gasteiger charge is -2.06. The van der Waals surface area contributed by atoms with Gasteiger partial charge in [-0.15, -0.1) is 0 Å². The highest BCUT2D eigenvalue weighted by Gasteiger charge is 2.12. The van der Waals surface area contributed by atoms with Gasteiger partial charge in [0.25, 0.3) is 0 Å². The SMILES string of the molecule is Cc1nn(CCCOc2ccccc2)c(Cl)c1C#N. The third-order valence-corrected chi connectivity index (χ3v) is 3.09. The van der Waals surface area contributed by atoms with Crippen LogP contribution in [0.3, 0.4) is 0 Å². The molecule has 0 saturated heterocycles. The number of hydrogen-bond acceptors (Lipinski definition) is 3. The maximum Gasteiger partial charge on any atom is 0.145 e. The van der Waals surface area contributed by atoms with Crippen molar-refractivity contribution in [1.82, 2.24) is 9.78 Å². The summed E-state index contributed by atoms with van der Waals surface area (Å²) in [6, 6.07) is 11.7. The van der Waals surface area contributed by atoms with Gasteiger partial charge in [0.2, 0.25) is 0 Å². The van der Waals surface area contributed by atoms with Crippen molar-refractivity contribution in [2.75, 3.05) is 6.61 Å². The highest BCUT2D eigenvalue weighted by Crippen LogP contribution is 2.18. The van der Waals surface area contributed by atoms with Crippen LogP contribution < -0.4 is 4.74 Å². The van der Waals surface area contributed by atoms with Crippen molar-refractivity contribution in [3.63, 3.8) is 0 Å². The molecule has 0 N–H and O–H groups in total. The minimum atomic E-state index is 0.403. The summed E-state index contributed by atoms with van der Waals surface area (Å²) in [4.78, 5) is 0. The summed E-state index contributed by atoms with van der Waals surface area (Å²) in [5.74, 6) is 0.850. The van der Waals surface area contributed by atoms with E-state index < -0.39 is 0 Å². The molecule has 0 saturated carbocycles. The van der Waals surface area contributed by atoms with Crippen molar-refractivity contribution in [2.45, 2.75) is 19.9 Å². The van der Waals surface area contributed by atoms with E-state index in [1.807, 2.05) is 30.3 Å².